The monoisotopic (exact) mass is 481 g/mol. The molecule has 0 saturated heterocycles. The first-order valence-electron chi connectivity index (χ1n) is 11.6. The van der Waals surface area contributed by atoms with Crippen molar-refractivity contribution in [1.82, 2.24) is 16.0 Å². The standard InChI is InChI=1S/C26H31N3O6/c1-15(2)12-21(24(32)27-3)28-25(33)22(13-23(30)31)29-26(34)35-14-20-18-10-6-4-8-16(18)17-9-5-7-11-19(17)20/h4-11,15,20-22H,12-14H2,1-3H3,(H,27,32)(H,28,33)(H,29,34)(H,30,31). The van der Waals surface area contributed by atoms with Crippen molar-refractivity contribution in [2.75, 3.05) is 13.7 Å². The van der Waals surface area contributed by atoms with Gasteiger partial charge in [-0.25, -0.2) is 4.79 Å². The Kier molecular flexibility index (Phi) is 8.46. The Morgan fingerprint density at radius 2 is 1.46 bits per heavy atom. The average molecular weight is 482 g/mol. The lowest BCUT2D eigenvalue weighted by molar-refractivity contribution is -0.140. The van der Waals surface area contributed by atoms with Gasteiger partial charge in [0.15, 0.2) is 0 Å². The number of likely N-dealkylation sites (N-methyl/N-ethyl adjacent to an activating group) is 1. The lowest BCUT2D eigenvalue weighted by Gasteiger charge is -2.23. The summed E-state index contributed by atoms with van der Waals surface area (Å²) >= 11 is 0. The van der Waals surface area contributed by atoms with Gasteiger partial charge in [-0.3, -0.25) is 14.4 Å². The van der Waals surface area contributed by atoms with Gasteiger partial charge in [-0.1, -0.05) is 62.4 Å². The first-order valence-corrected chi connectivity index (χ1v) is 11.6. The SMILES string of the molecule is CNC(=O)C(CC(C)C)NC(=O)C(CC(=O)O)NC(=O)OCC1c2ccccc2-c2ccccc21. The third kappa shape index (κ3) is 6.38. The first kappa shape index (κ1) is 25.7. The second kappa shape index (κ2) is 11.5. The topological polar surface area (TPSA) is 134 Å². The lowest BCUT2D eigenvalue weighted by Crippen LogP contribution is -2.54. The molecule has 0 spiro atoms. The molecule has 3 amide bonds. The molecule has 9 nitrogen and oxygen atoms in total. The molecule has 2 aromatic rings. The number of aliphatic carboxylic acids is 1. The second-order valence-corrected chi connectivity index (χ2v) is 8.93. The summed E-state index contributed by atoms with van der Waals surface area (Å²) in [4.78, 5) is 48.9. The number of carboxylic acids is 1. The van der Waals surface area contributed by atoms with Crippen LogP contribution in [0.3, 0.4) is 0 Å². The third-order valence-corrected chi connectivity index (χ3v) is 5.92. The number of fused-ring (bicyclic) bond motifs is 3. The van der Waals surface area contributed by atoms with E-state index >= 15 is 0 Å². The minimum atomic E-state index is -1.40. The van der Waals surface area contributed by atoms with Crippen LogP contribution in [0.5, 0.6) is 0 Å². The van der Waals surface area contributed by atoms with Crippen molar-refractivity contribution >= 4 is 23.9 Å². The molecule has 9 heteroatoms. The van der Waals surface area contributed by atoms with Crippen LogP contribution in [0.4, 0.5) is 4.79 Å². The molecule has 0 fully saturated rings. The fourth-order valence-corrected chi connectivity index (χ4v) is 4.32. The zero-order valence-corrected chi connectivity index (χ0v) is 20.0. The maximum absolute atomic E-state index is 12.8. The highest BCUT2D eigenvalue weighted by molar-refractivity contribution is 5.93. The van der Waals surface area contributed by atoms with Crippen LogP contribution in [0.1, 0.15) is 43.7 Å². The van der Waals surface area contributed by atoms with E-state index in [0.29, 0.717) is 6.42 Å². The van der Waals surface area contributed by atoms with Crippen LogP contribution in [0.2, 0.25) is 0 Å². The highest BCUT2D eigenvalue weighted by Gasteiger charge is 2.31. The molecule has 1 aliphatic carbocycles. The maximum atomic E-state index is 12.8. The van der Waals surface area contributed by atoms with Gasteiger partial charge in [0.2, 0.25) is 11.8 Å². The second-order valence-electron chi connectivity index (χ2n) is 8.93. The van der Waals surface area contributed by atoms with Crippen molar-refractivity contribution in [3.63, 3.8) is 0 Å². The largest absolute Gasteiger partial charge is 0.481 e. The number of ether oxygens (including phenoxy) is 1. The molecule has 0 aromatic heterocycles. The number of amides is 3. The molecule has 0 saturated carbocycles. The molecule has 0 bridgehead atoms. The van der Waals surface area contributed by atoms with Crippen LogP contribution in [0, 0.1) is 5.92 Å². The normalized spacial score (nSPS) is 13.8. The van der Waals surface area contributed by atoms with Crippen LogP contribution in [0.15, 0.2) is 48.5 Å². The van der Waals surface area contributed by atoms with E-state index in [2.05, 4.69) is 16.0 Å². The minimum Gasteiger partial charge on any atom is -0.481 e. The smallest absolute Gasteiger partial charge is 0.407 e. The van der Waals surface area contributed by atoms with Gasteiger partial charge in [0.25, 0.3) is 0 Å². The zero-order valence-electron chi connectivity index (χ0n) is 20.0. The summed E-state index contributed by atoms with van der Waals surface area (Å²) in [5.74, 6) is -2.52. The fraction of sp³-hybridized carbons (Fsp3) is 0.385. The zero-order chi connectivity index (χ0) is 25.5. The van der Waals surface area contributed by atoms with Crippen LogP contribution < -0.4 is 16.0 Å². The van der Waals surface area contributed by atoms with Gasteiger partial charge in [-0.05, 0) is 34.6 Å². The molecular weight excluding hydrogens is 450 g/mol. The number of benzene rings is 2. The first-order chi connectivity index (χ1) is 16.7. The Morgan fingerprint density at radius 1 is 0.886 bits per heavy atom. The van der Waals surface area contributed by atoms with E-state index in [9.17, 15) is 24.3 Å². The summed E-state index contributed by atoms with van der Waals surface area (Å²) in [5, 5.41) is 16.6. The van der Waals surface area contributed by atoms with Gasteiger partial charge in [-0.15, -0.1) is 0 Å². The Bertz CT molecular complexity index is 1050. The number of rotatable bonds is 10. The average Bonchev–Trinajstić information content (AvgIpc) is 3.14. The van der Waals surface area contributed by atoms with Crippen LogP contribution >= 0.6 is 0 Å². The number of hydrogen-bond acceptors (Lipinski definition) is 5. The molecule has 0 heterocycles. The predicted octanol–water partition coefficient (Wildman–Crippen LogP) is 2.65. The maximum Gasteiger partial charge on any atom is 0.407 e. The summed E-state index contributed by atoms with van der Waals surface area (Å²) in [6.45, 7) is 3.81. The molecule has 35 heavy (non-hydrogen) atoms. The molecular formula is C26H31N3O6. The van der Waals surface area contributed by atoms with Gasteiger partial charge in [0, 0.05) is 13.0 Å². The van der Waals surface area contributed by atoms with E-state index in [0.717, 1.165) is 22.3 Å². The van der Waals surface area contributed by atoms with Crippen LogP contribution in [-0.4, -0.2) is 54.7 Å². The van der Waals surface area contributed by atoms with Gasteiger partial charge >= 0.3 is 12.1 Å². The Hall–Kier alpha value is -3.88. The lowest BCUT2D eigenvalue weighted by atomic mass is 9.98. The summed E-state index contributed by atoms with van der Waals surface area (Å²) in [7, 11) is 1.45. The number of hydrogen-bond donors (Lipinski definition) is 4. The number of carbonyl (C=O) groups excluding carboxylic acids is 3. The molecule has 3 rings (SSSR count). The van der Waals surface area contributed by atoms with Gasteiger partial charge < -0.3 is 25.8 Å². The van der Waals surface area contributed by atoms with E-state index in [1.807, 2.05) is 62.4 Å². The molecule has 2 aromatic carbocycles. The van der Waals surface area contributed by atoms with Crippen molar-refractivity contribution in [2.24, 2.45) is 5.92 Å². The number of alkyl carbamates (subject to hydrolysis) is 1. The summed E-state index contributed by atoms with van der Waals surface area (Å²) < 4.78 is 5.44. The molecule has 4 N–H and O–H groups in total. The van der Waals surface area contributed by atoms with E-state index in [1.54, 1.807) is 0 Å². The number of carboxylic acid groups (broad SMARTS) is 1. The van der Waals surface area contributed by atoms with E-state index in [-0.39, 0.29) is 18.4 Å². The van der Waals surface area contributed by atoms with Gasteiger partial charge in [0.1, 0.15) is 18.7 Å². The molecule has 186 valence electrons. The minimum absolute atomic E-state index is 0.0233. The van der Waals surface area contributed by atoms with Crippen molar-refractivity contribution in [3.8, 4) is 11.1 Å². The van der Waals surface area contributed by atoms with E-state index in [1.165, 1.54) is 7.05 Å². The highest BCUT2D eigenvalue weighted by atomic mass is 16.5. The molecule has 0 aliphatic heterocycles. The predicted molar refractivity (Wildman–Crippen MR) is 130 cm³/mol. The van der Waals surface area contributed by atoms with Crippen molar-refractivity contribution in [1.29, 1.82) is 0 Å². The van der Waals surface area contributed by atoms with Crippen molar-refractivity contribution in [3.05, 3.63) is 59.7 Å². The fourth-order valence-electron chi connectivity index (χ4n) is 4.32. The van der Waals surface area contributed by atoms with Crippen molar-refractivity contribution in [2.45, 2.75) is 44.7 Å². The molecule has 2 atom stereocenters. The number of nitrogens with one attached hydrogen (secondary N) is 3. The summed E-state index contributed by atoms with van der Waals surface area (Å²) in [6.07, 6.45) is -1.21. The van der Waals surface area contributed by atoms with E-state index in [4.69, 9.17) is 4.74 Å². The Labute approximate surface area is 204 Å². The molecule has 0 radical (unpaired) electrons. The van der Waals surface area contributed by atoms with E-state index < -0.39 is 42.4 Å². The Morgan fingerprint density at radius 3 is 1.97 bits per heavy atom. The third-order valence-electron chi connectivity index (χ3n) is 5.92. The summed E-state index contributed by atoms with van der Waals surface area (Å²) in [6, 6.07) is 13.5. The van der Waals surface area contributed by atoms with Crippen LogP contribution in [0.25, 0.3) is 11.1 Å². The quantitative estimate of drug-likeness (QED) is 0.412. The Balaban J connectivity index is 1.67. The number of carbonyl (C=O) groups is 4. The van der Waals surface area contributed by atoms with Crippen molar-refractivity contribution < 1.29 is 29.0 Å². The summed E-state index contributed by atoms with van der Waals surface area (Å²) in [5.41, 5.74) is 4.21. The molecule has 2 unspecified atom stereocenters. The van der Waals surface area contributed by atoms with Gasteiger partial charge in [-0.2, -0.15) is 0 Å². The van der Waals surface area contributed by atoms with Gasteiger partial charge in [0.05, 0.1) is 6.42 Å². The molecule has 1 aliphatic rings. The van der Waals surface area contributed by atoms with Crippen LogP contribution in [-0.2, 0) is 19.1 Å². The highest BCUT2D eigenvalue weighted by Crippen LogP contribution is 2.44.